The zero-order valence-corrected chi connectivity index (χ0v) is 15.0. The Bertz CT molecular complexity index is 939. The number of rotatable bonds is 3. The first kappa shape index (κ1) is 17.9. The summed E-state index contributed by atoms with van der Waals surface area (Å²) in [6, 6.07) is 25.1. The van der Waals surface area contributed by atoms with Crippen LogP contribution in [-0.4, -0.2) is 12.2 Å². The van der Waals surface area contributed by atoms with Crippen molar-refractivity contribution in [1.82, 2.24) is 0 Å². The third-order valence-corrected chi connectivity index (χ3v) is 4.38. The summed E-state index contributed by atoms with van der Waals surface area (Å²) in [6.07, 6.45) is 1.91. The molecule has 4 aromatic rings. The number of pyridine rings is 1. The van der Waals surface area contributed by atoms with Crippen molar-refractivity contribution in [3.63, 3.8) is 0 Å². The van der Waals surface area contributed by atoms with Gasteiger partial charge in [0.05, 0.1) is 6.07 Å². The summed E-state index contributed by atoms with van der Waals surface area (Å²) in [7, 11) is 1.50. The molecule has 0 amide bonds. The van der Waals surface area contributed by atoms with Crippen LogP contribution >= 0.6 is 0 Å². The fraction of sp³-hybridized carbons (Fsp3) is 0.136. The molecule has 0 aliphatic carbocycles. The minimum Gasteiger partial charge on any atom is -0.403 e. The van der Waals surface area contributed by atoms with Crippen LogP contribution in [-0.2, 0) is 5.60 Å². The second-order valence-corrected chi connectivity index (χ2v) is 5.86. The van der Waals surface area contributed by atoms with Gasteiger partial charge in [0, 0.05) is 13.0 Å². The van der Waals surface area contributed by atoms with Crippen molar-refractivity contribution in [3.05, 3.63) is 108 Å². The molecule has 4 rings (SSSR count). The number of nitrogens with zero attached hydrogens (tertiary/aromatic N) is 1. The van der Waals surface area contributed by atoms with E-state index < -0.39 is 5.60 Å². The summed E-state index contributed by atoms with van der Waals surface area (Å²) in [5.41, 5.74) is 6.23. The van der Waals surface area contributed by atoms with Crippen molar-refractivity contribution in [2.24, 2.45) is 5.73 Å². The van der Waals surface area contributed by atoms with Gasteiger partial charge in [-0.15, -0.1) is 4.40 Å². The fourth-order valence-corrected chi connectivity index (χ4v) is 3.30. The van der Waals surface area contributed by atoms with E-state index in [0.717, 1.165) is 16.8 Å². The first-order chi connectivity index (χ1) is 12.7. The SMILES string of the molecule is CN.Cc1oc2cccc[n+]2c1C(O)(c1ccccc1)c1ccccc1. The van der Waals surface area contributed by atoms with Gasteiger partial charge in [-0.25, -0.2) is 0 Å². The van der Waals surface area contributed by atoms with Crippen LogP contribution in [0.25, 0.3) is 5.71 Å². The van der Waals surface area contributed by atoms with Gasteiger partial charge in [-0.2, -0.15) is 0 Å². The Balaban J connectivity index is 0.000000948. The molecule has 4 nitrogen and oxygen atoms in total. The van der Waals surface area contributed by atoms with Gasteiger partial charge in [-0.3, -0.25) is 0 Å². The van der Waals surface area contributed by atoms with Crippen LogP contribution in [0.15, 0.2) is 89.5 Å². The molecule has 2 heterocycles. The highest BCUT2D eigenvalue weighted by molar-refractivity contribution is 5.45. The van der Waals surface area contributed by atoms with Gasteiger partial charge in [0.25, 0.3) is 5.69 Å². The topological polar surface area (TPSA) is 63.5 Å². The van der Waals surface area contributed by atoms with Crippen LogP contribution < -0.4 is 10.1 Å². The van der Waals surface area contributed by atoms with E-state index in [0.29, 0.717) is 11.5 Å². The minimum absolute atomic E-state index is 0.691. The molecule has 0 bridgehead atoms. The molecule has 4 heteroatoms. The van der Waals surface area contributed by atoms with Crippen molar-refractivity contribution in [1.29, 1.82) is 0 Å². The summed E-state index contributed by atoms with van der Waals surface area (Å²) in [5.74, 6) is 0.691. The quantitative estimate of drug-likeness (QED) is 0.560. The van der Waals surface area contributed by atoms with E-state index in [1.807, 2.05) is 96.4 Å². The van der Waals surface area contributed by atoms with Gasteiger partial charge in [0.1, 0.15) is 0 Å². The maximum atomic E-state index is 11.9. The summed E-state index contributed by atoms with van der Waals surface area (Å²) in [6.45, 7) is 1.89. The van der Waals surface area contributed by atoms with Crippen LogP contribution in [0.1, 0.15) is 22.6 Å². The Morgan fingerprint density at radius 3 is 1.85 bits per heavy atom. The molecular formula is C22H23N2O2+. The second-order valence-electron chi connectivity index (χ2n) is 5.86. The molecule has 0 saturated heterocycles. The zero-order valence-electron chi connectivity index (χ0n) is 15.0. The van der Waals surface area contributed by atoms with Crippen LogP contribution in [0.5, 0.6) is 0 Å². The van der Waals surface area contributed by atoms with E-state index in [2.05, 4.69) is 5.73 Å². The number of benzene rings is 2. The molecule has 2 aromatic heterocycles. The highest BCUT2D eigenvalue weighted by Gasteiger charge is 2.44. The molecule has 0 atom stereocenters. The number of hydrogen-bond donors (Lipinski definition) is 2. The summed E-state index contributed by atoms with van der Waals surface area (Å²) >= 11 is 0. The van der Waals surface area contributed by atoms with Crippen molar-refractivity contribution < 1.29 is 13.9 Å². The fourth-order valence-electron chi connectivity index (χ4n) is 3.30. The van der Waals surface area contributed by atoms with E-state index >= 15 is 0 Å². The Kier molecular flexibility index (Phi) is 5.16. The molecule has 0 fully saturated rings. The molecular weight excluding hydrogens is 324 g/mol. The predicted molar refractivity (Wildman–Crippen MR) is 102 cm³/mol. The molecule has 0 spiro atoms. The third kappa shape index (κ3) is 2.90. The van der Waals surface area contributed by atoms with Gasteiger partial charge in [-0.1, -0.05) is 60.7 Å². The predicted octanol–water partition coefficient (Wildman–Crippen LogP) is 3.19. The van der Waals surface area contributed by atoms with Crippen LogP contribution in [0.2, 0.25) is 0 Å². The van der Waals surface area contributed by atoms with Crippen molar-refractivity contribution in [3.8, 4) is 0 Å². The molecule has 0 aliphatic heterocycles. The highest BCUT2D eigenvalue weighted by Crippen LogP contribution is 2.37. The lowest BCUT2D eigenvalue weighted by atomic mass is 9.83. The molecule has 0 saturated carbocycles. The van der Waals surface area contributed by atoms with Gasteiger partial charge in [-0.05, 0) is 24.2 Å². The second kappa shape index (κ2) is 7.52. The Labute approximate surface area is 153 Å². The van der Waals surface area contributed by atoms with Crippen molar-refractivity contribution >= 4 is 5.71 Å². The zero-order chi connectivity index (χ0) is 18.6. The highest BCUT2D eigenvalue weighted by atomic mass is 16.4. The van der Waals surface area contributed by atoms with E-state index in [9.17, 15) is 5.11 Å². The standard InChI is InChI=1S/C21H18NO2.CH5N/c1-16-20(22-15-9-8-14-19(22)24-16)21(23,17-10-4-2-5-11-17)18-12-6-3-7-13-18;1-2/h2-15,23H,1H3;2H2,1H3/q+1;. The monoisotopic (exact) mass is 347 g/mol. The number of fused-ring (bicyclic) bond motifs is 1. The largest absolute Gasteiger partial charge is 0.403 e. The van der Waals surface area contributed by atoms with Crippen LogP contribution in [0, 0.1) is 6.92 Å². The molecule has 2 aromatic carbocycles. The molecule has 3 N–H and O–H groups in total. The van der Waals surface area contributed by atoms with Crippen molar-refractivity contribution in [2.75, 3.05) is 7.05 Å². The first-order valence-electron chi connectivity index (χ1n) is 8.52. The number of hydrogen-bond acceptors (Lipinski definition) is 3. The minimum atomic E-state index is -1.30. The van der Waals surface area contributed by atoms with Crippen LogP contribution in [0.4, 0.5) is 0 Å². The lowest BCUT2D eigenvalue weighted by Gasteiger charge is -2.25. The number of nitrogens with two attached hydrogens (primary N) is 1. The average molecular weight is 347 g/mol. The maximum absolute atomic E-state index is 11.9. The number of aryl methyl sites for hydroxylation is 1. The van der Waals surface area contributed by atoms with Gasteiger partial charge in [0.2, 0.25) is 5.60 Å². The normalized spacial score (nSPS) is 11.1. The number of oxazole rings is 1. The maximum Gasteiger partial charge on any atom is 0.379 e. The number of aliphatic hydroxyl groups is 1. The Morgan fingerprint density at radius 1 is 0.808 bits per heavy atom. The molecule has 26 heavy (non-hydrogen) atoms. The molecule has 0 unspecified atom stereocenters. The summed E-state index contributed by atoms with van der Waals surface area (Å²) < 4.78 is 7.80. The lowest BCUT2D eigenvalue weighted by Crippen LogP contribution is -2.40. The van der Waals surface area contributed by atoms with E-state index in [1.165, 1.54) is 7.05 Å². The van der Waals surface area contributed by atoms with Gasteiger partial charge >= 0.3 is 5.71 Å². The van der Waals surface area contributed by atoms with Crippen molar-refractivity contribution in [2.45, 2.75) is 12.5 Å². The number of aromatic nitrogens is 1. The average Bonchev–Trinajstić information content (AvgIpc) is 3.06. The molecule has 0 radical (unpaired) electrons. The van der Waals surface area contributed by atoms with E-state index in [-0.39, 0.29) is 0 Å². The van der Waals surface area contributed by atoms with Gasteiger partial charge in [0.15, 0.2) is 12.0 Å². The van der Waals surface area contributed by atoms with Crippen LogP contribution in [0.3, 0.4) is 0 Å². The Morgan fingerprint density at radius 2 is 1.31 bits per heavy atom. The van der Waals surface area contributed by atoms with E-state index in [1.54, 1.807) is 0 Å². The first-order valence-corrected chi connectivity index (χ1v) is 8.52. The van der Waals surface area contributed by atoms with E-state index in [4.69, 9.17) is 4.42 Å². The smallest absolute Gasteiger partial charge is 0.379 e. The van der Waals surface area contributed by atoms with Gasteiger partial charge < -0.3 is 15.3 Å². The third-order valence-electron chi connectivity index (χ3n) is 4.38. The molecule has 0 aliphatic rings. The lowest BCUT2D eigenvalue weighted by molar-refractivity contribution is -0.531. The Hall–Kier alpha value is -2.95. The summed E-state index contributed by atoms with van der Waals surface area (Å²) in [4.78, 5) is 0. The summed E-state index contributed by atoms with van der Waals surface area (Å²) in [5, 5.41) is 11.9. The molecule has 132 valence electrons.